The van der Waals surface area contributed by atoms with E-state index in [0.717, 1.165) is 0 Å². The second-order valence-corrected chi connectivity index (χ2v) is 9.84. The minimum Gasteiger partial charge on any atom is -0.508 e. The molecule has 14 nitrogen and oxygen atoms in total. The maximum Gasteiger partial charge on any atom is 0.326 e. The number of H-pyrrole nitrogens is 1. The Morgan fingerprint density at radius 3 is 2.05 bits per heavy atom. The average molecular weight is 561 g/mol. The molecule has 0 aliphatic rings. The lowest BCUT2D eigenvalue weighted by Crippen LogP contribution is -2.58. The standard InChI is InChI=1S/C26H36N6O8/c1-14(2)9-20(31-23(36)18(27)11-16-12-28-13-29-16)24(37)32-21(10-15-3-5-17(33)6-4-15)25(38)30-19(26(39)40)7-8-22(34)35/h3-6,12-14,18-21,33H,7-11,27H2,1-2H3,(H,28,29)(H,30,38)(H,31,36)(H,32,37)(H,34,35)(H,39,40). The number of carbonyl (C=O) groups is 5. The number of carboxylic acids is 2. The van der Waals surface area contributed by atoms with Crippen molar-refractivity contribution in [3.05, 3.63) is 48.0 Å². The zero-order valence-electron chi connectivity index (χ0n) is 22.3. The van der Waals surface area contributed by atoms with Crippen LogP contribution in [0.5, 0.6) is 5.75 Å². The number of phenols is 1. The summed E-state index contributed by atoms with van der Waals surface area (Å²) in [7, 11) is 0. The predicted octanol–water partition coefficient (Wildman–Crippen LogP) is -0.322. The fraction of sp³-hybridized carbons (Fsp3) is 0.462. The van der Waals surface area contributed by atoms with Gasteiger partial charge in [-0.1, -0.05) is 26.0 Å². The van der Waals surface area contributed by atoms with Crippen LogP contribution in [0.3, 0.4) is 0 Å². The minimum atomic E-state index is -1.51. The number of carboxylic acid groups (broad SMARTS) is 2. The first-order valence-electron chi connectivity index (χ1n) is 12.7. The molecule has 4 atom stereocenters. The highest BCUT2D eigenvalue weighted by Gasteiger charge is 2.31. The number of imidazole rings is 1. The van der Waals surface area contributed by atoms with E-state index in [-0.39, 0.29) is 37.4 Å². The van der Waals surface area contributed by atoms with Gasteiger partial charge < -0.3 is 42.0 Å². The van der Waals surface area contributed by atoms with E-state index in [9.17, 15) is 34.2 Å². The van der Waals surface area contributed by atoms with Crippen LogP contribution in [-0.2, 0) is 36.8 Å². The average Bonchev–Trinajstić information content (AvgIpc) is 3.39. The van der Waals surface area contributed by atoms with E-state index in [2.05, 4.69) is 25.9 Å². The molecule has 0 aliphatic heterocycles. The number of aliphatic carboxylic acids is 2. The summed E-state index contributed by atoms with van der Waals surface area (Å²) >= 11 is 0. The Bertz CT molecular complexity index is 1150. The van der Waals surface area contributed by atoms with Crippen molar-refractivity contribution in [3.63, 3.8) is 0 Å². The molecule has 2 rings (SSSR count). The number of hydrogen-bond donors (Lipinski definition) is 8. The fourth-order valence-corrected chi connectivity index (χ4v) is 3.85. The normalized spacial score (nSPS) is 14.0. The van der Waals surface area contributed by atoms with Gasteiger partial charge >= 0.3 is 11.9 Å². The lowest BCUT2D eigenvalue weighted by molar-refractivity contribution is -0.143. The third-order valence-electron chi connectivity index (χ3n) is 5.94. The highest BCUT2D eigenvalue weighted by Crippen LogP contribution is 2.13. The quantitative estimate of drug-likeness (QED) is 0.133. The van der Waals surface area contributed by atoms with Gasteiger partial charge in [-0.2, -0.15) is 0 Å². The fourth-order valence-electron chi connectivity index (χ4n) is 3.85. The van der Waals surface area contributed by atoms with Crippen LogP contribution in [0.1, 0.15) is 44.4 Å². The maximum atomic E-state index is 13.4. The molecule has 3 amide bonds. The van der Waals surface area contributed by atoms with Crippen molar-refractivity contribution in [1.82, 2.24) is 25.9 Å². The Hall–Kier alpha value is -4.46. The van der Waals surface area contributed by atoms with E-state index in [1.54, 1.807) is 0 Å². The number of carbonyl (C=O) groups excluding carboxylic acids is 3. The van der Waals surface area contributed by atoms with E-state index < -0.39 is 60.2 Å². The van der Waals surface area contributed by atoms with E-state index in [1.165, 1.54) is 36.8 Å². The van der Waals surface area contributed by atoms with Crippen molar-refractivity contribution in [2.45, 2.75) is 70.1 Å². The summed E-state index contributed by atoms with van der Waals surface area (Å²) in [5, 5.41) is 35.5. The van der Waals surface area contributed by atoms with Crippen molar-refractivity contribution in [2.75, 3.05) is 0 Å². The summed E-state index contributed by atoms with van der Waals surface area (Å²) in [5.74, 6) is -4.84. The second-order valence-electron chi connectivity index (χ2n) is 9.84. The van der Waals surface area contributed by atoms with Crippen molar-refractivity contribution in [2.24, 2.45) is 11.7 Å². The zero-order chi connectivity index (χ0) is 29.8. The molecule has 2 aromatic rings. The lowest BCUT2D eigenvalue weighted by atomic mass is 10.00. The van der Waals surface area contributed by atoms with Crippen LogP contribution in [0.4, 0.5) is 0 Å². The lowest BCUT2D eigenvalue weighted by Gasteiger charge is -2.26. The first kappa shape index (κ1) is 31.8. The summed E-state index contributed by atoms with van der Waals surface area (Å²) in [4.78, 5) is 68.6. The summed E-state index contributed by atoms with van der Waals surface area (Å²) in [6.07, 6.45) is 2.41. The third kappa shape index (κ3) is 10.7. The number of nitrogens with zero attached hydrogens (tertiary/aromatic N) is 1. The number of aromatic amines is 1. The van der Waals surface area contributed by atoms with Crippen LogP contribution in [0.15, 0.2) is 36.8 Å². The number of aromatic hydroxyl groups is 1. The molecule has 1 aromatic heterocycles. The molecular weight excluding hydrogens is 524 g/mol. The molecule has 1 heterocycles. The molecule has 0 bridgehead atoms. The minimum absolute atomic E-state index is 0.0143. The van der Waals surface area contributed by atoms with Crippen LogP contribution >= 0.6 is 0 Å². The van der Waals surface area contributed by atoms with Crippen LogP contribution in [0, 0.1) is 5.92 Å². The zero-order valence-corrected chi connectivity index (χ0v) is 22.3. The highest BCUT2D eigenvalue weighted by molar-refractivity contribution is 5.94. The van der Waals surface area contributed by atoms with Gasteiger partial charge in [0.2, 0.25) is 17.7 Å². The van der Waals surface area contributed by atoms with E-state index >= 15 is 0 Å². The van der Waals surface area contributed by atoms with E-state index in [1.807, 2.05) is 13.8 Å². The van der Waals surface area contributed by atoms with Crippen molar-refractivity contribution in [1.29, 1.82) is 0 Å². The number of amides is 3. The van der Waals surface area contributed by atoms with Gasteiger partial charge in [0, 0.05) is 31.2 Å². The van der Waals surface area contributed by atoms with Gasteiger partial charge in [0.05, 0.1) is 12.4 Å². The van der Waals surface area contributed by atoms with Crippen LogP contribution in [0.2, 0.25) is 0 Å². The molecule has 218 valence electrons. The molecule has 0 radical (unpaired) electrons. The molecule has 14 heteroatoms. The number of rotatable bonds is 16. The number of benzene rings is 1. The number of hydrogen-bond acceptors (Lipinski definition) is 8. The van der Waals surface area contributed by atoms with Gasteiger partial charge in [-0.3, -0.25) is 19.2 Å². The summed E-state index contributed by atoms with van der Waals surface area (Å²) in [6, 6.07) is 1.01. The number of phenolic OH excluding ortho intramolecular Hbond substituents is 1. The van der Waals surface area contributed by atoms with Gasteiger partial charge in [0.1, 0.15) is 23.9 Å². The first-order valence-corrected chi connectivity index (χ1v) is 12.7. The third-order valence-corrected chi connectivity index (χ3v) is 5.94. The SMILES string of the molecule is CC(C)CC(NC(=O)C(N)Cc1cnc[nH]1)C(=O)NC(Cc1ccc(O)cc1)C(=O)NC(CCC(=O)O)C(=O)O. The molecule has 40 heavy (non-hydrogen) atoms. The summed E-state index contributed by atoms with van der Waals surface area (Å²) in [6.45, 7) is 3.69. The van der Waals surface area contributed by atoms with Crippen molar-refractivity contribution in [3.8, 4) is 5.75 Å². The summed E-state index contributed by atoms with van der Waals surface area (Å²) in [5.41, 5.74) is 7.19. The summed E-state index contributed by atoms with van der Waals surface area (Å²) < 4.78 is 0. The van der Waals surface area contributed by atoms with Gasteiger partial charge in [0.25, 0.3) is 0 Å². The highest BCUT2D eigenvalue weighted by atomic mass is 16.4. The van der Waals surface area contributed by atoms with Gasteiger partial charge in [-0.15, -0.1) is 0 Å². The molecule has 1 aromatic carbocycles. The molecular formula is C26H36N6O8. The van der Waals surface area contributed by atoms with Crippen LogP contribution < -0.4 is 21.7 Å². The topological polar surface area (TPSA) is 237 Å². The Labute approximate surface area is 230 Å². The molecule has 0 fully saturated rings. The molecule has 0 aliphatic carbocycles. The second kappa shape index (κ2) is 15.2. The van der Waals surface area contributed by atoms with Crippen molar-refractivity contribution >= 4 is 29.7 Å². The number of aromatic nitrogens is 2. The largest absolute Gasteiger partial charge is 0.508 e. The molecule has 9 N–H and O–H groups in total. The van der Waals surface area contributed by atoms with Crippen LogP contribution in [-0.4, -0.2) is 79.1 Å². The Morgan fingerprint density at radius 1 is 0.900 bits per heavy atom. The Balaban J connectivity index is 2.22. The number of nitrogens with two attached hydrogens (primary N) is 1. The molecule has 0 spiro atoms. The number of nitrogens with one attached hydrogen (secondary N) is 4. The smallest absolute Gasteiger partial charge is 0.326 e. The van der Waals surface area contributed by atoms with Crippen LogP contribution in [0.25, 0.3) is 0 Å². The van der Waals surface area contributed by atoms with Gasteiger partial charge in [-0.05, 0) is 36.5 Å². The predicted molar refractivity (Wildman–Crippen MR) is 142 cm³/mol. The van der Waals surface area contributed by atoms with E-state index in [0.29, 0.717) is 11.3 Å². The van der Waals surface area contributed by atoms with Crippen molar-refractivity contribution < 1.29 is 39.3 Å². The molecule has 0 saturated carbocycles. The Morgan fingerprint density at radius 2 is 1.50 bits per heavy atom. The van der Waals surface area contributed by atoms with Gasteiger partial charge in [-0.25, -0.2) is 9.78 Å². The molecule has 0 saturated heterocycles. The van der Waals surface area contributed by atoms with E-state index in [4.69, 9.17) is 10.8 Å². The maximum absolute atomic E-state index is 13.4. The monoisotopic (exact) mass is 560 g/mol. The first-order chi connectivity index (χ1) is 18.8. The van der Waals surface area contributed by atoms with Gasteiger partial charge in [0.15, 0.2) is 0 Å². The Kier molecular flexibility index (Phi) is 12.1. The molecule has 4 unspecified atom stereocenters.